The molecule has 2 aromatic rings. The standard InChI is InChI=1S/C15H12BrNO2/c16-12-6-4-11(5-7-12)15(19)8-9-17-13-2-1-3-14(18)10-13/h1-10,17-18H/b9-8+. The monoisotopic (exact) mass is 317 g/mol. The molecule has 0 spiro atoms. The highest BCUT2D eigenvalue weighted by Crippen LogP contribution is 2.15. The fraction of sp³-hybridized carbons (Fsp3) is 0. The van der Waals surface area contributed by atoms with Gasteiger partial charge in [0.25, 0.3) is 0 Å². The molecule has 0 aliphatic rings. The lowest BCUT2D eigenvalue weighted by molar-refractivity contribution is 0.104. The molecule has 0 radical (unpaired) electrons. The molecule has 0 fully saturated rings. The number of halogens is 1. The summed E-state index contributed by atoms with van der Waals surface area (Å²) in [4.78, 5) is 11.8. The molecule has 0 saturated carbocycles. The lowest BCUT2D eigenvalue weighted by Gasteiger charge is -2.00. The van der Waals surface area contributed by atoms with Crippen molar-refractivity contribution in [3.05, 3.63) is 70.8 Å². The Balaban J connectivity index is 1.99. The Morgan fingerprint density at radius 1 is 1.16 bits per heavy atom. The number of phenols is 1. The predicted molar refractivity (Wildman–Crippen MR) is 79.3 cm³/mol. The largest absolute Gasteiger partial charge is 0.508 e. The molecule has 2 rings (SSSR count). The summed E-state index contributed by atoms with van der Waals surface area (Å²) in [5.41, 5.74) is 1.34. The zero-order valence-corrected chi connectivity index (χ0v) is 11.6. The fourth-order valence-corrected chi connectivity index (χ4v) is 1.78. The predicted octanol–water partition coefficient (Wildman–Crippen LogP) is 3.96. The van der Waals surface area contributed by atoms with Crippen LogP contribution in [0.25, 0.3) is 0 Å². The van der Waals surface area contributed by atoms with Crippen LogP contribution in [-0.2, 0) is 0 Å². The zero-order valence-electron chi connectivity index (χ0n) is 10.0. The van der Waals surface area contributed by atoms with Crippen LogP contribution in [0.15, 0.2) is 65.3 Å². The summed E-state index contributed by atoms with van der Waals surface area (Å²) >= 11 is 3.32. The molecule has 3 nitrogen and oxygen atoms in total. The van der Waals surface area contributed by atoms with Gasteiger partial charge in [-0.3, -0.25) is 4.79 Å². The van der Waals surface area contributed by atoms with E-state index in [1.807, 2.05) is 12.1 Å². The number of carbonyl (C=O) groups is 1. The minimum Gasteiger partial charge on any atom is -0.508 e. The van der Waals surface area contributed by atoms with Crippen molar-refractivity contribution in [2.75, 3.05) is 5.32 Å². The maximum absolute atomic E-state index is 11.8. The minimum atomic E-state index is -0.0832. The van der Waals surface area contributed by atoms with Gasteiger partial charge in [-0.25, -0.2) is 0 Å². The molecule has 2 aromatic carbocycles. The van der Waals surface area contributed by atoms with Gasteiger partial charge in [-0.1, -0.05) is 22.0 Å². The number of allylic oxidation sites excluding steroid dienone is 1. The van der Waals surface area contributed by atoms with Crippen LogP contribution in [0.5, 0.6) is 5.75 Å². The van der Waals surface area contributed by atoms with Gasteiger partial charge in [0, 0.05) is 34.1 Å². The van der Waals surface area contributed by atoms with Gasteiger partial charge in [-0.2, -0.15) is 0 Å². The van der Waals surface area contributed by atoms with Gasteiger partial charge in [-0.05, 0) is 36.4 Å². The number of hydrogen-bond donors (Lipinski definition) is 2. The van der Waals surface area contributed by atoms with Gasteiger partial charge in [0.15, 0.2) is 5.78 Å². The molecule has 0 aromatic heterocycles. The molecule has 2 N–H and O–H groups in total. The quantitative estimate of drug-likeness (QED) is 0.662. The summed E-state index contributed by atoms with van der Waals surface area (Å²) < 4.78 is 0.936. The molecule has 0 aliphatic carbocycles. The van der Waals surface area contributed by atoms with Crippen LogP contribution in [0.1, 0.15) is 10.4 Å². The maximum Gasteiger partial charge on any atom is 0.187 e. The minimum absolute atomic E-state index is 0.0832. The van der Waals surface area contributed by atoms with E-state index in [1.165, 1.54) is 6.08 Å². The van der Waals surface area contributed by atoms with E-state index in [2.05, 4.69) is 21.2 Å². The van der Waals surface area contributed by atoms with E-state index >= 15 is 0 Å². The molecule has 0 amide bonds. The van der Waals surface area contributed by atoms with E-state index < -0.39 is 0 Å². The van der Waals surface area contributed by atoms with Crippen LogP contribution in [-0.4, -0.2) is 10.9 Å². The molecule has 96 valence electrons. The number of hydrogen-bond acceptors (Lipinski definition) is 3. The Labute approximate surface area is 119 Å². The van der Waals surface area contributed by atoms with Gasteiger partial charge >= 0.3 is 0 Å². The third kappa shape index (κ3) is 3.96. The first-order chi connectivity index (χ1) is 9.15. The van der Waals surface area contributed by atoms with E-state index in [-0.39, 0.29) is 11.5 Å². The SMILES string of the molecule is O=C(/C=C/Nc1cccc(O)c1)c1ccc(Br)cc1. The number of benzene rings is 2. The average molecular weight is 318 g/mol. The Bertz CT molecular complexity index is 606. The van der Waals surface area contributed by atoms with Crippen LogP contribution in [0.4, 0.5) is 5.69 Å². The summed E-state index contributed by atoms with van der Waals surface area (Å²) in [6.45, 7) is 0. The average Bonchev–Trinajstić information content (AvgIpc) is 2.39. The zero-order chi connectivity index (χ0) is 13.7. The van der Waals surface area contributed by atoms with Crippen molar-refractivity contribution in [3.63, 3.8) is 0 Å². The summed E-state index contributed by atoms with van der Waals surface area (Å²) in [6.07, 6.45) is 3.01. The highest BCUT2D eigenvalue weighted by molar-refractivity contribution is 9.10. The third-order valence-corrected chi connectivity index (χ3v) is 2.99. The van der Waals surface area contributed by atoms with Crippen molar-refractivity contribution in [1.29, 1.82) is 0 Å². The number of carbonyl (C=O) groups excluding carboxylic acids is 1. The smallest absolute Gasteiger partial charge is 0.187 e. The Morgan fingerprint density at radius 3 is 2.58 bits per heavy atom. The Morgan fingerprint density at radius 2 is 1.89 bits per heavy atom. The van der Waals surface area contributed by atoms with Crippen molar-refractivity contribution in [3.8, 4) is 5.75 Å². The van der Waals surface area contributed by atoms with Crippen LogP contribution in [0, 0.1) is 0 Å². The fourth-order valence-electron chi connectivity index (χ4n) is 1.52. The van der Waals surface area contributed by atoms with Crippen molar-refractivity contribution in [2.24, 2.45) is 0 Å². The lowest BCUT2D eigenvalue weighted by Crippen LogP contribution is -1.95. The first kappa shape index (κ1) is 13.4. The van der Waals surface area contributed by atoms with Gasteiger partial charge in [0.1, 0.15) is 5.75 Å². The van der Waals surface area contributed by atoms with Gasteiger partial charge in [0.2, 0.25) is 0 Å². The Hall–Kier alpha value is -2.07. The highest BCUT2D eigenvalue weighted by Gasteiger charge is 2.00. The second kappa shape index (κ2) is 6.20. The Kier molecular flexibility index (Phi) is 4.36. The van der Waals surface area contributed by atoms with Gasteiger partial charge < -0.3 is 10.4 Å². The van der Waals surface area contributed by atoms with E-state index in [9.17, 15) is 9.90 Å². The first-order valence-corrected chi connectivity index (χ1v) is 6.46. The van der Waals surface area contributed by atoms with E-state index in [0.717, 1.165) is 10.2 Å². The van der Waals surface area contributed by atoms with E-state index in [4.69, 9.17) is 0 Å². The number of aromatic hydroxyl groups is 1. The van der Waals surface area contributed by atoms with Crippen LogP contribution < -0.4 is 5.32 Å². The first-order valence-electron chi connectivity index (χ1n) is 5.67. The third-order valence-electron chi connectivity index (χ3n) is 2.46. The normalized spacial score (nSPS) is 10.6. The summed E-state index contributed by atoms with van der Waals surface area (Å²) in [5, 5.41) is 12.2. The van der Waals surface area contributed by atoms with Crippen LogP contribution >= 0.6 is 15.9 Å². The molecule has 4 heteroatoms. The van der Waals surface area contributed by atoms with Crippen molar-refractivity contribution < 1.29 is 9.90 Å². The summed E-state index contributed by atoms with van der Waals surface area (Å²) in [7, 11) is 0. The van der Waals surface area contributed by atoms with Crippen molar-refractivity contribution in [2.45, 2.75) is 0 Å². The van der Waals surface area contributed by atoms with E-state index in [0.29, 0.717) is 5.56 Å². The number of ketones is 1. The summed E-state index contributed by atoms with van der Waals surface area (Å²) in [5.74, 6) is 0.0952. The van der Waals surface area contributed by atoms with Crippen molar-refractivity contribution >= 4 is 27.4 Å². The maximum atomic E-state index is 11.8. The highest BCUT2D eigenvalue weighted by atomic mass is 79.9. The molecule has 19 heavy (non-hydrogen) atoms. The second-order valence-electron chi connectivity index (χ2n) is 3.90. The number of rotatable bonds is 4. The molecule has 0 aliphatic heterocycles. The van der Waals surface area contributed by atoms with Crippen LogP contribution in [0.3, 0.4) is 0 Å². The lowest BCUT2D eigenvalue weighted by atomic mass is 10.1. The molecular weight excluding hydrogens is 306 g/mol. The molecular formula is C15H12BrNO2. The summed E-state index contributed by atoms with van der Waals surface area (Å²) in [6, 6.07) is 13.8. The number of nitrogens with one attached hydrogen (secondary N) is 1. The molecule has 0 saturated heterocycles. The number of anilines is 1. The van der Waals surface area contributed by atoms with Gasteiger partial charge in [0.05, 0.1) is 0 Å². The molecule has 0 atom stereocenters. The van der Waals surface area contributed by atoms with Crippen molar-refractivity contribution in [1.82, 2.24) is 0 Å². The molecule has 0 unspecified atom stereocenters. The second-order valence-corrected chi connectivity index (χ2v) is 4.81. The van der Waals surface area contributed by atoms with E-state index in [1.54, 1.807) is 42.6 Å². The molecule has 0 bridgehead atoms. The van der Waals surface area contributed by atoms with Crippen LogP contribution in [0.2, 0.25) is 0 Å². The topological polar surface area (TPSA) is 49.3 Å². The van der Waals surface area contributed by atoms with Gasteiger partial charge in [-0.15, -0.1) is 0 Å². The number of phenolic OH excluding ortho intramolecular Hbond substituents is 1. The molecule has 0 heterocycles.